The number of halogens is 2. The number of nitrogens with one attached hydrogen (secondary N) is 1. The highest BCUT2D eigenvalue weighted by Gasteiger charge is 2.24. The molecule has 4 rings (SSSR count). The molecule has 0 atom stereocenters. The van der Waals surface area contributed by atoms with Gasteiger partial charge in [-0.3, -0.25) is 9.78 Å². The first-order valence-corrected chi connectivity index (χ1v) is 11.8. The van der Waals surface area contributed by atoms with Crippen molar-refractivity contribution in [3.8, 4) is 16.9 Å². The number of anilines is 1. The Labute approximate surface area is 208 Å². The summed E-state index contributed by atoms with van der Waals surface area (Å²) in [5.74, 6) is 0.0815. The molecule has 5 nitrogen and oxygen atoms in total. The van der Waals surface area contributed by atoms with Crippen LogP contribution in [0.3, 0.4) is 0 Å². The Morgan fingerprint density at radius 1 is 1.18 bits per heavy atom. The highest BCUT2D eigenvalue weighted by Crippen LogP contribution is 2.38. The van der Waals surface area contributed by atoms with E-state index in [1.807, 2.05) is 18.2 Å². The maximum Gasteiger partial charge on any atom is 0.163 e. The molecule has 0 aliphatic heterocycles. The van der Waals surface area contributed by atoms with E-state index in [1.165, 1.54) is 11.8 Å². The SMILES string of the molecule is [2H]C([2H])([2H])N(C)C[C@H]1CC[C@H](Nc2c(C(C)=O)cnc3ccc(-c4cc(Cl)c(O)c(Cl)c4)cc23)CC1. The predicted molar refractivity (Wildman–Crippen MR) is 137 cm³/mol. The Kier molecular flexibility index (Phi) is 6.01. The standard InChI is InChI=1S/C26H29Cl2N3O2/c1-15(32)21-13-29-24-9-6-17(18-11-22(27)26(33)23(28)12-18)10-20(24)25(21)30-19-7-4-16(5-8-19)14-31(2)3/h6,9-13,16,19,33H,4-5,7-8,14H2,1-3H3,(H,29,30)/t16-,19-/i2D3. The van der Waals surface area contributed by atoms with Crippen molar-refractivity contribution in [3.05, 3.63) is 52.1 Å². The van der Waals surface area contributed by atoms with Crippen LogP contribution in [0.4, 0.5) is 5.69 Å². The average molecular weight is 489 g/mol. The maximum absolute atomic E-state index is 12.5. The first kappa shape index (κ1) is 20.1. The van der Waals surface area contributed by atoms with E-state index in [1.54, 1.807) is 25.4 Å². The van der Waals surface area contributed by atoms with Gasteiger partial charge in [-0.2, -0.15) is 0 Å². The monoisotopic (exact) mass is 488 g/mol. The van der Waals surface area contributed by atoms with Crippen molar-refractivity contribution in [2.45, 2.75) is 38.6 Å². The number of aromatic nitrogens is 1. The van der Waals surface area contributed by atoms with Crippen molar-refractivity contribution in [3.63, 3.8) is 0 Å². The van der Waals surface area contributed by atoms with E-state index in [0.717, 1.165) is 53.4 Å². The third kappa shape index (κ3) is 5.26. The Balaban J connectivity index is 1.62. The quantitative estimate of drug-likeness (QED) is 0.380. The van der Waals surface area contributed by atoms with E-state index in [9.17, 15) is 9.90 Å². The van der Waals surface area contributed by atoms with Crippen LogP contribution in [-0.2, 0) is 0 Å². The molecule has 7 heteroatoms. The van der Waals surface area contributed by atoms with Crippen LogP contribution >= 0.6 is 23.2 Å². The van der Waals surface area contributed by atoms with Crippen molar-refractivity contribution < 1.29 is 14.0 Å². The van der Waals surface area contributed by atoms with E-state index < -0.39 is 6.98 Å². The smallest absolute Gasteiger partial charge is 0.163 e. The lowest BCUT2D eigenvalue weighted by Gasteiger charge is -2.32. The summed E-state index contributed by atoms with van der Waals surface area (Å²) in [4.78, 5) is 18.4. The number of hydrogen-bond donors (Lipinski definition) is 2. The lowest BCUT2D eigenvalue weighted by atomic mass is 9.85. The number of ketones is 1. The van der Waals surface area contributed by atoms with Crippen LogP contribution < -0.4 is 5.32 Å². The van der Waals surface area contributed by atoms with Gasteiger partial charge in [-0.05, 0) is 87.9 Å². The van der Waals surface area contributed by atoms with Crippen molar-refractivity contribution in [1.29, 1.82) is 0 Å². The van der Waals surface area contributed by atoms with Crippen LogP contribution in [0.15, 0.2) is 36.5 Å². The minimum Gasteiger partial charge on any atom is -0.505 e. The molecule has 1 aliphatic carbocycles. The molecule has 0 saturated heterocycles. The second-order valence-corrected chi connectivity index (χ2v) is 9.68. The fourth-order valence-corrected chi connectivity index (χ4v) is 5.09. The van der Waals surface area contributed by atoms with Gasteiger partial charge >= 0.3 is 0 Å². The molecule has 0 unspecified atom stereocenters. The molecule has 0 radical (unpaired) electrons. The van der Waals surface area contributed by atoms with Crippen molar-refractivity contribution in [2.24, 2.45) is 5.92 Å². The van der Waals surface area contributed by atoms with Gasteiger partial charge in [0.1, 0.15) is 0 Å². The predicted octanol–water partition coefficient (Wildman–Crippen LogP) is 6.65. The zero-order valence-electron chi connectivity index (χ0n) is 21.7. The van der Waals surface area contributed by atoms with E-state index >= 15 is 0 Å². The third-order valence-corrected chi connectivity index (χ3v) is 6.90. The number of Topliss-reactive ketones (excluding diaryl/α,β-unsaturated/α-hetero) is 1. The number of phenolic OH excluding ortho intramolecular Hbond substituents is 1. The molecule has 1 aromatic heterocycles. The summed E-state index contributed by atoms with van der Waals surface area (Å²) in [6.45, 7) is -0.00866. The van der Waals surface area contributed by atoms with Crippen LogP contribution in [0.2, 0.25) is 10.0 Å². The molecule has 0 amide bonds. The summed E-state index contributed by atoms with van der Waals surface area (Å²) in [5.41, 5.74) is 3.57. The number of fused-ring (bicyclic) bond motifs is 1. The van der Waals surface area contributed by atoms with Gasteiger partial charge in [-0.1, -0.05) is 29.3 Å². The first-order chi connectivity index (χ1) is 16.9. The van der Waals surface area contributed by atoms with Crippen LogP contribution in [0, 0.1) is 5.92 Å². The molecule has 3 aromatic rings. The van der Waals surface area contributed by atoms with Crippen molar-refractivity contribution in [2.75, 3.05) is 25.9 Å². The van der Waals surface area contributed by atoms with E-state index in [-0.39, 0.29) is 27.6 Å². The lowest BCUT2D eigenvalue weighted by molar-refractivity contribution is 0.101. The molecular formula is C26H29Cl2N3O2. The second kappa shape index (κ2) is 9.88. The molecule has 1 saturated carbocycles. The van der Waals surface area contributed by atoms with Gasteiger partial charge in [0.2, 0.25) is 0 Å². The van der Waals surface area contributed by atoms with Gasteiger partial charge in [0, 0.05) is 28.3 Å². The number of rotatable bonds is 6. The number of carbonyl (C=O) groups excluding carboxylic acids is 1. The summed E-state index contributed by atoms with van der Waals surface area (Å²) in [6, 6.07) is 9.19. The third-order valence-electron chi connectivity index (χ3n) is 6.32. The number of benzene rings is 2. The summed E-state index contributed by atoms with van der Waals surface area (Å²) in [6.07, 6.45) is 5.18. The average Bonchev–Trinajstić information content (AvgIpc) is 2.82. The fourth-order valence-electron chi connectivity index (χ4n) is 4.61. The molecule has 0 bridgehead atoms. The van der Waals surface area contributed by atoms with E-state index in [2.05, 4.69) is 10.3 Å². The number of carbonyl (C=O) groups is 1. The summed E-state index contributed by atoms with van der Waals surface area (Å²) >= 11 is 12.3. The highest BCUT2D eigenvalue weighted by molar-refractivity contribution is 6.37. The van der Waals surface area contributed by atoms with Crippen LogP contribution in [0.1, 0.15) is 47.1 Å². The summed E-state index contributed by atoms with van der Waals surface area (Å²) in [5, 5.41) is 14.7. The summed E-state index contributed by atoms with van der Waals surface area (Å²) in [7, 11) is 1.64. The minimum atomic E-state index is -2.08. The number of hydrogen-bond acceptors (Lipinski definition) is 5. The number of phenols is 1. The highest BCUT2D eigenvalue weighted by atomic mass is 35.5. The van der Waals surface area contributed by atoms with Gasteiger partial charge < -0.3 is 15.3 Å². The Bertz CT molecular complexity index is 1270. The molecule has 1 fully saturated rings. The van der Waals surface area contributed by atoms with E-state index in [0.29, 0.717) is 18.0 Å². The first-order valence-electron chi connectivity index (χ1n) is 12.5. The molecule has 2 N–H and O–H groups in total. The van der Waals surface area contributed by atoms with Gasteiger partial charge in [0.05, 0.1) is 26.8 Å². The van der Waals surface area contributed by atoms with Gasteiger partial charge in [-0.15, -0.1) is 0 Å². The molecule has 33 heavy (non-hydrogen) atoms. The number of pyridine rings is 1. The van der Waals surface area contributed by atoms with Gasteiger partial charge in [-0.25, -0.2) is 0 Å². The molecule has 2 aromatic carbocycles. The van der Waals surface area contributed by atoms with Gasteiger partial charge in [0.15, 0.2) is 11.5 Å². The molecule has 174 valence electrons. The van der Waals surface area contributed by atoms with Crippen molar-refractivity contribution in [1.82, 2.24) is 9.88 Å². The zero-order valence-corrected chi connectivity index (χ0v) is 20.2. The second-order valence-electron chi connectivity index (χ2n) is 8.87. The minimum absolute atomic E-state index is 0.0824. The molecular weight excluding hydrogens is 457 g/mol. The topological polar surface area (TPSA) is 65.5 Å². The normalized spacial score (nSPS) is 20.3. The zero-order chi connectivity index (χ0) is 26.2. The number of nitrogens with zero attached hydrogens (tertiary/aromatic N) is 2. The maximum atomic E-state index is 12.5. The Morgan fingerprint density at radius 3 is 2.52 bits per heavy atom. The fraction of sp³-hybridized carbons (Fsp3) is 0.385. The molecule has 0 spiro atoms. The molecule has 1 heterocycles. The lowest BCUT2D eigenvalue weighted by Crippen LogP contribution is -2.31. The van der Waals surface area contributed by atoms with Crippen LogP contribution in [-0.4, -0.2) is 47.4 Å². The van der Waals surface area contributed by atoms with Crippen molar-refractivity contribution >= 4 is 45.6 Å². The Hall–Kier alpha value is -2.34. The van der Waals surface area contributed by atoms with Gasteiger partial charge in [0.25, 0.3) is 0 Å². The largest absolute Gasteiger partial charge is 0.505 e. The van der Waals surface area contributed by atoms with E-state index in [4.69, 9.17) is 27.3 Å². The molecule has 1 aliphatic rings. The number of aromatic hydroxyl groups is 1. The van der Waals surface area contributed by atoms with Crippen LogP contribution in [0.25, 0.3) is 22.0 Å². The summed E-state index contributed by atoms with van der Waals surface area (Å²) < 4.78 is 22.7. The Morgan fingerprint density at radius 2 is 1.88 bits per heavy atom. The van der Waals surface area contributed by atoms with Crippen LogP contribution in [0.5, 0.6) is 5.75 Å².